The molecule has 0 unspecified atom stereocenters. The van der Waals surface area contributed by atoms with Crippen LogP contribution < -0.4 is 10.5 Å². The van der Waals surface area contributed by atoms with Gasteiger partial charge in [0.05, 0.1) is 18.3 Å². The zero-order valence-corrected chi connectivity index (χ0v) is 18.5. The average molecular weight is 445 g/mol. The van der Waals surface area contributed by atoms with Gasteiger partial charge in [0.25, 0.3) is 0 Å². The second-order valence-electron chi connectivity index (χ2n) is 8.53. The summed E-state index contributed by atoms with van der Waals surface area (Å²) in [7, 11) is 0. The summed E-state index contributed by atoms with van der Waals surface area (Å²) in [6.45, 7) is 3.29. The first-order valence-electron chi connectivity index (χ1n) is 11.0. The number of fused-ring (bicyclic) bond motifs is 1. The van der Waals surface area contributed by atoms with E-state index in [1.807, 2.05) is 65.6 Å². The Morgan fingerprint density at radius 2 is 1.85 bits per heavy atom. The molecule has 170 valence electrons. The Kier molecular flexibility index (Phi) is 6.31. The number of rotatable bonds is 7. The van der Waals surface area contributed by atoms with Crippen molar-refractivity contribution in [1.82, 2.24) is 4.90 Å². The molecule has 33 heavy (non-hydrogen) atoms. The number of nitrogens with two attached hydrogens (primary N) is 1. The number of nitrogens with one attached hydrogen (secondary N) is 2. The number of hydrogen-bond acceptors (Lipinski definition) is 4. The number of likely N-dealkylation sites (tertiary alicyclic amines) is 1. The van der Waals surface area contributed by atoms with E-state index in [4.69, 9.17) is 21.3 Å². The molecular formula is C26H28N4O3. The molecule has 0 bridgehead atoms. The summed E-state index contributed by atoms with van der Waals surface area (Å²) in [5.41, 5.74) is 7.88. The van der Waals surface area contributed by atoms with E-state index in [2.05, 4.69) is 0 Å². The molecule has 0 aromatic heterocycles. The Hall–Kier alpha value is -3.87. The topological polar surface area (TPSA) is 123 Å². The third-order valence-electron chi connectivity index (χ3n) is 6.16. The SMILES string of the molecule is CC(=N)N1CC[C@@H](Oc2ccc([C@@H](Cc3ccc4ccc(C(=N)N)cc4c3)C(=O)O)cc2)C1. The largest absolute Gasteiger partial charge is 0.489 e. The van der Waals surface area contributed by atoms with Gasteiger partial charge in [-0.2, -0.15) is 0 Å². The molecule has 1 saturated heterocycles. The van der Waals surface area contributed by atoms with Crippen LogP contribution in [-0.4, -0.2) is 46.8 Å². The lowest BCUT2D eigenvalue weighted by Crippen LogP contribution is -2.28. The van der Waals surface area contributed by atoms with Gasteiger partial charge in [0.2, 0.25) is 0 Å². The summed E-state index contributed by atoms with van der Waals surface area (Å²) in [6, 6.07) is 18.7. The molecule has 1 aliphatic rings. The van der Waals surface area contributed by atoms with Gasteiger partial charge in [-0.05, 0) is 53.4 Å². The van der Waals surface area contributed by atoms with Crippen LogP contribution in [0.2, 0.25) is 0 Å². The third-order valence-corrected chi connectivity index (χ3v) is 6.16. The van der Waals surface area contributed by atoms with Gasteiger partial charge < -0.3 is 20.5 Å². The summed E-state index contributed by atoms with van der Waals surface area (Å²) < 4.78 is 6.03. The van der Waals surface area contributed by atoms with E-state index in [-0.39, 0.29) is 11.9 Å². The molecule has 0 amide bonds. The number of nitrogens with zero attached hydrogens (tertiary/aromatic N) is 1. The van der Waals surface area contributed by atoms with Crippen molar-refractivity contribution in [3.05, 3.63) is 77.4 Å². The summed E-state index contributed by atoms with van der Waals surface area (Å²) >= 11 is 0. The zero-order chi connectivity index (χ0) is 23.5. The van der Waals surface area contributed by atoms with Crippen LogP contribution in [0.1, 0.15) is 36.0 Å². The Labute approximate surface area is 192 Å². The fourth-order valence-electron chi connectivity index (χ4n) is 4.27. The van der Waals surface area contributed by atoms with Crippen LogP contribution in [0.25, 0.3) is 10.8 Å². The number of aliphatic carboxylic acids is 1. The first kappa shape index (κ1) is 22.3. The number of carboxylic acids is 1. The summed E-state index contributed by atoms with van der Waals surface area (Å²) in [6.07, 6.45) is 1.25. The van der Waals surface area contributed by atoms with Crippen molar-refractivity contribution in [2.45, 2.75) is 31.8 Å². The maximum Gasteiger partial charge on any atom is 0.311 e. The Balaban J connectivity index is 1.49. The lowest BCUT2D eigenvalue weighted by molar-refractivity contribution is -0.138. The molecule has 7 heteroatoms. The van der Waals surface area contributed by atoms with Crippen molar-refractivity contribution in [3.63, 3.8) is 0 Å². The molecule has 5 N–H and O–H groups in total. The van der Waals surface area contributed by atoms with Crippen LogP contribution in [0.3, 0.4) is 0 Å². The van der Waals surface area contributed by atoms with Gasteiger partial charge in [-0.15, -0.1) is 0 Å². The van der Waals surface area contributed by atoms with Crippen molar-refractivity contribution < 1.29 is 14.6 Å². The van der Waals surface area contributed by atoms with Crippen LogP contribution in [-0.2, 0) is 11.2 Å². The fraction of sp³-hybridized carbons (Fsp3) is 0.269. The first-order chi connectivity index (χ1) is 15.8. The monoisotopic (exact) mass is 444 g/mol. The molecule has 0 radical (unpaired) electrons. The van der Waals surface area contributed by atoms with E-state index in [0.29, 0.717) is 30.1 Å². The Bertz CT molecular complexity index is 1210. The minimum absolute atomic E-state index is 0.00583. The summed E-state index contributed by atoms with van der Waals surface area (Å²) in [4.78, 5) is 14.1. The van der Waals surface area contributed by atoms with Crippen LogP contribution in [0.15, 0.2) is 60.7 Å². The summed E-state index contributed by atoms with van der Waals surface area (Å²) in [5.74, 6) is -0.303. The van der Waals surface area contributed by atoms with Gasteiger partial charge in [0, 0.05) is 18.5 Å². The lowest BCUT2D eigenvalue weighted by atomic mass is 9.91. The standard InChI is InChI=1S/C26H28N4O3/c1-16(27)30-11-10-23(15-30)33-22-8-6-19(7-9-22)24(26(31)32)13-17-2-3-18-4-5-20(25(28)29)14-21(18)12-17/h2-9,12,14,23-24,27H,10-11,13,15H2,1H3,(H3,28,29)(H,31,32)/t23-,24-/m1/s1. The smallest absolute Gasteiger partial charge is 0.311 e. The number of nitrogen functional groups attached to an aromatic ring is 1. The van der Waals surface area contributed by atoms with E-state index in [1.165, 1.54) is 0 Å². The number of carboxylic acid groups (broad SMARTS) is 1. The minimum Gasteiger partial charge on any atom is -0.489 e. The normalized spacial score (nSPS) is 16.5. The first-order valence-corrected chi connectivity index (χ1v) is 11.0. The number of hydrogen-bond donors (Lipinski definition) is 4. The molecular weight excluding hydrogens is 416 g/mol. The molecule has 0 aliphatic carbocycles. The molecule has 7 nitrogen and oxygen atoms in total. The second-order valence-corrected chi connectivity index (χ2v) is 8.53. The van der Waals surface area contributed by atoms with Crippen molar-refractivity contribution in [1.29, 1.82) is 10.8 Å². The molecule has 4 rings (SSSR count). The molecule has 2 atom stereocenters. The van der Waals surface area contributed by atoms with Crippen molar-refractivity contribution in [3.8, 4) is 5.75 Å². The fourth-order valence-corrected chi connectivity index (χ4v) is 4.27. The van der Waals surface area contributed by atoms with E-state index < -0.39 is 11.9 Å². The molecule has 3 aromatic rings. The number of benzene rings is 3. The van der Waals surface area contributed by atoms with E-state index in [1.54, 1.807) is 6.92 Å². The minimum atomic E-state index is -0.880. The number of amidine groups is 2. The van der Waals surface area contributed by atoms with Gasteiger partial charge in [0.1, 0.15) is 17.7 Å². The highest BCUT2D eigenvalue weighted by molar-refractivity contribution is 5.99. The predicted molar refractivity (Wildman–Crippen MR) is 129 cm³/mol. The van der Waals surface area contributed by atoms with Gasteiger partial charge in [-0.3, -0.25) is 15.6 Å². The van der Waals surface area contributed by atoms with Gasteiger partial charge in [0.15, 0.2) is 0 Å². The number of carbonyl (C=O) groups is 1. The van der Waals surface area contributed by atoms with Crippen LogP contribution in [0, 0.1) is 10.8 Å². The highest BCUT2D eigenvalue weighted by Gasteiger charge is 2.25. The Morgan fingerprint density at radius 1 is 1.12 bits per heavy atom. The van der Waals surface area contributed by atoms with Crippen LogP contribution in [0.4, 0.5) is 0 Å². The van der Waals surface area contributed by atoms with E-state index in [9.17, 15) is 9.90 Å². The quantitative estimate of drug-likeness (QED) is 0.324. The van der Waals surface area contributed by atoms with E-state index >= 15 is 0 Å². The third kappa shape index (κ3) is 5.14. The molecule has 1 aliphatic heterocycles. The van der Waals surface area contributed by atoms with Gasteiger partial charge >= 0.3 is 5.97 Å². The molecule has 0 saturated carbocycles. The van der Waals surface area contributed by atoms with Crippen LogP contribution >= 0.6 is 0 Å². The van der Waals surface area contributed by atoms with Crippen molar-refractivity contribution >= 4 is 28.4 Å². The molecule has 3 aromatic carbocycles. The van der Waals surface area contributed by atoms with Crippen molar-refractivity contribution in [2.24, 2.45) is 5.73 Å². The van der Waals surface area contributed by atoms with Crippen LogP contribution in [0.5, 0.6) is 5.75 Å². The molecule has 0 spiro atoms. The highest BCUT2D eigenvalue weighted by Crippen LogP contribution is 2.27. The van der Waals surface area contributed by atoms with E-state index in [0.717, 1.165) is 34.9 Å². The molecule has 1 heterocycles. The lowest BCUT2D eigenvalue weighted by Gasteiger charge is -2.18. The molecule has 1 fully saturated rings. The van der Waals surface area contributed by atoms with Gasteiger partial charge in [-0.1, -0.05) is 42.5 Å². The number of ether oxygens (including phenoxy) is 1. The zero-order valence-electron chi connectivity index (χ0n) is 18.5. The highest BCUT2D eigenvalue weighted by atomic mass is 16.5. The Morgan fingerprint density at radius 3 is 2.48 bits per heavy atom. The van der Waals surface area contributed by atoms with Crippen molar-refractivity contribution in [2.75, 3.05) is 13.1 Å². The summed E-state index contributed by atoms with van der Waals surface area (Å²) in [5, 5.41) is 27.2. The maximum atomic E-state index is 12.1. The maximum absolute atomic E-state index is 12.1. The predicted octanol–water partition coefficient (Wildman–Crippen LogP) is 3.99. The average Bonchev–Trinajstić information content (AvgIpc) is 3.26. The second kappa shape index (κ2) is 9.32. The van der Waals surface area contributed by atoms with Gasteiger partial charge in [-0.25, -0.2) is 0 Å².